The van der Waals surface area contributed by atoms with Gasteiger partial charge in [0, 0.05) is 6.54 Å². The van der Waals surface area contributed by atoms with Crippen LogP contribution in [-0.2, 0) is 19.6 Å². The Bertz CT molecular complexity index is 464. The summed E-state index contributed by atoms with van der Waals surface area (Å²) in [6, 6.07) is -0.957. The van der Waals surface area contributed by atoms with Crippen LogP contribution in [0.2, 0.25) is 0 Å². The number of carbonyl (C=O) groups excluding carboxylic acids is 1. The molecule has 0 aliphatic rings. The van der Waals surface area contributed by atoms with E-state index in [1.165, 1.54) is 24.8 Å². The number of amides is 1. The van der Waals surface area contributed by atoms with Crippen LogP contribution in [0.3, 0.4) is 0 Å². The van der Waals surface area contributed by atoms with E-state index in [-0.39, 0.29) is 12.3 Å². The first-order valence-corrected chi connectivity index (χ1v) is 9.42. The molecule has 1 atom stereocenters. The van der Waals surface area contributed by atoms with Crippen LogP contribution >= 0.6 is 11.8 Å². The number of thioether (sulfide) groups is 1. The lowest BCUT2D eigenvalue weighted by molar-refractivity contribution is -0.144. The standard InChI is InChI=1S/C12H22N2O5S2/c1-4-7-14(9-11(15)16)12(17)10(6-8-20-3)13-21(18,19)5-2/h4,10,13H,1,5-9H2,2-3H3,(H,15,16). The molecule has 9 heteroatoms. The van der Waals surface area contributed by atoms with Crippen molar-refractivity contribution < 1.29 is 23.1 Å². The first-order valence-electron chi connectivity index (χ1n) is 6.37. The van der Waals surface area contributed by atoms with Crippen LogP contribution in [0.1, 0.15) is 13.3 Å². The normalized spacial score (nSPS) is 12.7. The highest BCUT2D eigenvalue weighted by molar-refractivity contribution is 7.98. The number of sulfonamides is 1. The van der Waals surface area contributed by atoms with Gasteiger partial charge in [0.1, 0.15) is 12.6 Å². The van der Waals surface area contributed by atoms with Crippen molar-refractivity contribution in [2.24, 2.45) is 0 Å². The van der Waals surface area contributed by atoms with E-state index in [2.05, 4.69) is 11.3 Å². The summed E-state index contributed by atoms with van der Waals surface area (Å²) in [6.07, 6.45) is 3.54. The summed E-state index contributed by atoms with van der Waals surface area (Å²) in [5.41, 5.74) is 0. The molecule has 0 aliphatic carbocycles. The molecule has 0 aromatic rings. The smallest absolute Gasteiger partial charge is 0.323 e. The van der Waals surface area contributed by atoms with Crippen molar-refractivity contribution in [3.8, 4) is 0 Å². The Morgan fingerprint density at radius 3 is 2.52 bits per heavy atom. The molecule has 21 heavy (non-hydrogen) atoms. The maximum atomic E-state index is 12.3. The molecule has 1 unspecified atom stereocenters. The second-order valence-electron chi connectivity index (χ2n) is 4.26. The highest BCUT2D eigenvalue weighted by Crippen LogP contribution is 2.07. The van der Waals surface area contributed by atoms with E-state index in [0.29, 0.717) is 12.2 Å². The zero-order chi connectivity index (χ0) is 16.5. The number of hydrogen-bond acceptors (Lipinski definition) is 5. The predicted octanol–water partition coefficient (Wildman–Crippen LogP) is 0.147. The first-order chi connectivity index (χ1) is 9.77. The van der Waals surface area contributed by atoms with Crippen molar-refractivity contribution in [2.75, 3.05) is 30.9 Å². The molecule has 0 aromatic heterocycles. The van der Waals surface area contributed by atoms with Crippen LogP contribution in [-0.4, -0.2) is 67.2 Å². The zero-order valence-electron chi connectivity index (χ0n) is 12.2. The number of nitrogens with one attached hydrogen (secondary N) is 1. The van der Waals surface area contributed by atoms with Crippen LogP contribution in [0.5, 0.6) is 0 Å². The average Bonchev–Trinajstić information content (AvgIpc) is 2.41. The van der Waals surface area contributed by atoms with Crippen molar-refractivity contribution in [3.05, 3.63) is 12.7 Å². The molecule has 0 bridgehead atoms. The minimum Gasteiger partial charge on any atom is -0.480 e. The van der Waals surface area contributed by atoms with Gasteiger partial charge in [0.2, 0.25) is 15.9 Å². The SMILES string of the molecule is C=CCN(CC(=O)O)C(=O)C(CCSC)NS(=O)(=O)CC. The molecular weight excluding hydrogens is 316 g/mol. The second-order valence-corrected chi connectivity index (χ2v) is 7.28. The molecule has 0 aliphatic heterocycles. The Labute approximate surface area is 129 Å². The van der Waals surface area contributed by atoms with E-state index in [4.69, 9.17) is 5.11 Å². The lowest BCUT2D eigenvalue weighted by Gasteiger charge is -2.25. The molecule has 0 rings (SSSR count). The Morgan fingerprint density at radius 2 is 2.10 bits per heavy atom. The minimum absolute atomic E-state index is 0.0504. The molecule has 1 amide bonds. The Balaban J connectivity index is 5.12. The van der Waals surface area contributed by atoms with Crippen LogP contribution in [0.25, 0.3) is 0 Å². The summed E-state index contributed by atoms with van der Waals surface area (Å²) in [6.45, 7) is 4.50. The maximum absolute atomic E-state index is 12.3. The number of aliphatic carboxylic acids is 1. The lowest BCUT2D eigenvalue weighted by Crippen LogP contribution is -2.50. The van der Waals surface area contributed by atoms with Crippen LogP contribution < -0.4 is 4.72 Å². The number of nitrogens with zero attached hydrogens (tertiary/aromatic N) is 1. The first kappa shape index (κ1) is 19.9. The van der Waals surface area contributed by atoms with Gasteiger partial charge in [-0.05, 0) is 25.4 Å². The molecule has 2 N–H and O–H groups in total. The molecule has 0 heterocycles. The number of carboxylic acid groups (broad SMARTS) is 1. The van der Waals surface area contributed by atoms with Crippen molar-refractivity contribution in [1.82, 2.24) is 9.62 Å². The van der Waals surface area contributed by atoms with Gasteiger partial charge in [0.15, 0.2) is 0 Å². The third kappa shape index (κ3) is 8.08. The molecule has 0 aromatic carbocycles. The predicted molar refractivity (Wildman–Crippen MR) is 83.8 cm³/mol. The third-order valence-corrected chi connectivity index (χ3v) is 4.65. The summed E-state index contributed by atoms with van der Waals surface area (Å²) < 4.78 is 25.6. The topological polar surface area (TPSA) is 104 Å². The van der Waals surface area contributed by atoms with Gasteiger partial charge in [0.25, 0.3) is 0 Å². The minimum atomic E-state index is -3.55. The molecule has 0 saturated heterocycles. The van der Waals surface area contributed by atoms with Crippen LogP contribution in [0.4, 0.5) is 0 Å². The highest BCUT2D eigenvalue weighted by Gasteiger charge is 2.28. The van der Waals surface area contributed by atoms with Gasteiger partial charge >= 0.3 is 5.97 Å². The quantitative estimate of drug-likeness (QED) is 0.520. The fraction of sp³-hybridized carbons (Fsp3) is 0.667. The fourth-order valence-corrected chi connectivity index (χ4v) is 2.83. The fourth-order valence-electron chi connectivity index (χ4n) is 1.54. The van der Waals surface area contributed by atoms with E-state index in [0.717, 1.165) is 4.90 Å². The molecular formula is C12H22N2O5S2. The van der Waals surface area contributed by atoms with Crippen molar-refractivity contribution in [1.29, 1.82) is 0 Å². The summed E-state index contributed by atoms with van der Waals surface area (Å²) >= 11 is 1.48. The zero-order valence-corrected chi connectivity index (χ0v) is 13.9. The van der Waals surface area contributed by atoms with Crippen molar-refractivity contribution in [3.63, 3.8) is 0 Å². The van der Waals surface area contributed by atoms with Crippen LogP contribution in [0.15, 0.2) is 12.7 Å². The average molecular weight is 338 g/mol. The lowest BCUT2D eigenvalue weighted by atomic mass is 10.2. The number of hydrogen-bond donors (Lipinski definition) is 2. The molecule has 0 saturated carbocycles. The summed E-state index contributed by atoms with van der Waals surface area (Å²) in [4.78, 5) is 24.2. The van der Waals surface area contributed by atoms with Gasteiger partial charge in [-0.2, -0.15) is 11.8 Å². The maximum Gasteiger partial charge on any atom is 0.323 e. The monoisotopic (exact) mass is 338 g/mol. The molecule has 7 nitrogen and oxygen atoms in total. The van der Waals surface area contributed by atoms with Gasteiger partial charge in [-0.3, -0.25) is 9.59 Å². The van der Waals surface area contributed by atoms with E-state index in [9.17, 15) is 18.0 Å². The van der Waals surface area contributed by atoms with Crippen molar-refractivity contribution >= 4 is 33.7 Å². The van der Waals surface area contributed by atoms with E-state index in [1.54, 1.807) is 0 Å². The number of carboxylic acids is 1. The van der Waals surface area contributed by atoms with E-state index >= 15 is 0 Å². The molecule has 0 fully saturated rings. The van der Waals surface area contributed by atoms with Gasteiger partial charge in [-0.15, -0.1) is 6.58 Å². The third-order valence-electron chi connectivity index (χ3n) is 2.60. The Kier molecular flexibility index (Phi) is 9.31. The highest BCUT2D eigenvalue weighted by atomic mass is 32.2. The van der Waals surface area contributed by atoms with Gasteiger partial charge < -0.3 is 10.0 Å². The summed E-state index contributed by atoms with van der Waals surface area (Å²) in [5, 5.41) is 8.83. The van der Waals surface area contributed by atoms with Crippen molar-refractivity contribution in [2.45, 2.75) is 19.4 Å². The largest absolute Gasteiger partial charge is 0.480 e. The van der Waals surface area contributed by atoms with Gasteiger partial charge in [-0.1, -0.05) is 6.08 Å². The molecule has 0 radical (unpaired) electrons. The van der Waals surface area contributed by atoms with Gasteiger partial charge in [-0.25, -0.2) is 13.1 Å². The summed E-state index contributed by atoms with van der Waals surface area (Å²) in [7, 11) is -3.55. The number of carbonyl (C=O) groups is 2. The number of rotatable bonds is 11. The van der Waals surface area contributed by atoms with E-state index < -0.39 is 34.5 Å². The van der Waals surface area contributed by atoms with Gasteiger partial charge in [0.05, 0.1) is 5.75 Å². The van der Waals surface area contributed by atoms with E-state index in [1.807, 2.05) is 6.26 Å². The van der Waals surface area contributed by atoms with Crippen LogP contribution in [0, 0.1) is 0 Å². The Morgan fingerprint density at radius 1 is 1.48 bits per heavy atom. The summed E-state index contributed by atoms with van der Waals surface area (Å²) in [5.74, 6) is -1.27. The molecule has 122 valence electrons. The molecule has 0 spiro atoms. The second kappa shape index (κ2) is 9.80. The Hall–Kier alpha value is -1.06.